The van der Waals surface area contributed by atoms with Crippen LogP contribution in [0.15, 0.2) is 94.8 Å². The lowest BCUT2D eigenvalue weighted by Crippen LogP contribution is -2.32. The van der Waals surface area contributed by atoms with Gasteiger partial charge < -0.3 is 4.74 Å². The fraction of sp³-hybridized carbons (Fsp3) is 0.286. The zero-order valence-electron chi connectivity index (χ0n) is 20.0. The predicted octanol–water partition coefficient (Wildman–Crippen LogP) is 4.95. The van der Waals surface area contributed by atoms with Crippen LogP contribution in [0.4, 0.5) is 0 Å². The van der Waals surface area contributed by atoms with E-state index in [4.69, 9.17) is 9.73 Å². The lowest BCUT2D eigenvalue weighted by atomic mass is 10.00. The number of carbonyl (C=O) groups excluding carboxylic acids is 1. The average molecular weight is 475 g/mol. The zero-order valence-corrected chi connectivity index (χ0v) is 20.8. The van der Waals surface area contributed by atoms with E-state index in [1.807, 2.05) is 110 Å². The fourth-order valence-corrected chi connectivity index (χ4v) is 5.87. The molecule has 1 fully saturated rings. The molecule has 0 bridgehead atoms. The molecule has 1 unspecified atom stereocenters. The van der Waals surface area contributed by atoms with Crippen molar-refractivity contribution < 1.29 is 13.7 Å². The minimum atomic E-state index is -1.42. The van der Waals surface area contributed by atoms with Crippen LogP contribution in [-0.2, 0) is 20.5 Å². The molecule has 5 nitrogen and oxygen atoms in total. The highest BCUT2D eigenvalue weighted by Gasteiger charge is 2.64. The summed E-state index contributed by atoms with van der Waals surface area (Å²) in [6.45, 7) is 8.03. The van der Waals surface area contributed by atoms with E-state index in [0.29, 0.717) is 10.6 Å². The molecule has 1 aliphatic heterocycles. The SMILES string of the molecule is CCOC(=O)[C@@H](N=C(c1ccccc1)c1ccccc1)[C@H]1N([S@@](=O)c2ccc(C)cc2)C1(C)C. The summed E-state index contributed by atoms with van der Waals surface area (Å²) in [6.07, 6.45) is 0. The smallest absolute Gasteiger partial charge is 0.332 e. The van der Waals surface area contributed by atoms with Gasteiger partial charge in [0.2, 0.25) is 0 Å². The van der Waals surface area contributed by atoms with Crippen molar-refractivity contribution in [3.8, 4) is 0 Å². The first-order chi connectivity index (χ1) is 16.3. The van der Waals surface area contributed by atoms with Crippen LogP contribution in [-0.4, -0.2) is 44.4 Å². The van der Waals surface area contributed by atoms with Gasteiger partial charge in [0.15, 0.2) is 6.04 Å². The maximum absolute atomic E-state index is 13.5. The van der Waals surface area contributed by atoms with Gasteiger partial charge in [-0.2, -0.15) is 0 Å². The van der Waals surface area contributed by atoms with Gasteiger partial charge in [0, 0.05) is 16.7 Å². The van der Waals surface area contributed by atoms with Crippen LogP contribution in [0.2, 0.25) is 0 Å². The van der Waals surface area contributed by atoms with Crippen LogP contribution >= 0.6 is 0 Å². The van der Waals surface area contributed by atoms with Crippen molar-refractivity contribution in [2.45, 2.75) is 50.2 Å². The third-order valence-electron chi connectivity index (χ3n) is 6.07. The molecule has 0 radical (unpaired) electrons. The number of hydrogen-bond acceptors (Lipinski definition) is 4. The Balaban J connectivity index is 1.77. The lowest BCUT2D eigenvalue weighted by Gasteiger charge is -2.15. The van der Waals surface area contributed by atoms with E-state index in [1.165, 1.54) is 0 Å². The Morgan fingerprint density at radius 3 is 2.00 bits per heavy atom. The van der Waals surface area contributed by atoms with Crippen molar-refractivity contribution in [2.24, 2.45) is 4.99 Å². The van der Waals surface area contributed by atoms with Crippen LogP contribution in [0.5, 0.6) is 0 Å². The van der Waals surface area contributed by atoms with E-state index in [-0.39, 0.29) is 12.6 Å². The molecule has 0 saturated carbocycles. The summed E-state index contributed by atoms with van der Waals surface area (Å²) in [5.74, 6) is -0.409. The van der Waals surface area contributed by atoms with Crippen LogP contribution in [0.3, 0.4) is 0 Å². The van der Waals surface area contributed by atoms with Crippen molar-refractivity contribution in [1.82, 2.24) is 4.31 Å². The Morgan fingerprint density at radius 2 is 1.50 bits per heavy atom. The van der Waals surface area contributed by atoms with Crippen molar-refractivity contribution in [3.05, 3.63) is 102 Å². The summed E-state index contributed by atoms with van der Waals surface area (Å²) in [4.78, 5) is 18.9. The summed E-state index contributed by atoms with van der Waals surface area (Å²) in [7, 11) is -1.42. The zero-order chi connectivity index (χ0) is 24.3. The van der Waals surface area contributed by atoms with Gasteiger partial charge in [-0.25, -0.2) is 13.3 Å². The molecule has 1 saturated heterocycles. The largest absolute Gasteiger partial charge is 0.464 e. The number of nitrogens with zero attached hydrogens (tertiary/aromatic N) is 2. The number of benzene rings is 3. The van der Waals surface area contributed by atoms with Gasteiger partial charge in [-0.1, -0.05) is 78.4 Å². The summed E-state index contributed by atoms with van der Waals surface area (Å²) >= 11 is 0. The molecule has 1 heterocycles. The molecule has 0 amide bonds. The van der Waals surface area contributed by atoms with E-state index >= 15 is 0 Å². The van der Waals surface area contributed by atoms with Crippen molar-refractivity contribution in [3.63, 3.8) is 0 Å². The number of rotatable bonds is 8. The highest BCUT2D eigenvalue weighted by Crippen LogP contribution is 2.47. The number of carbonyl (C=O) groups is 1. The quantitative estimate of drug-likeness (QED) is 0.264. The number of aliphatic imine (C=N–C) groups is 1. The molecule has 4 rings (SSSR count). The maximum atomic E-state index is 13.5. The van der Waals surface area contributed by atoms with Gasteiger partial charge in [0.1, 0.15) is 11.0 Å². The third-order valence-corrected chi connectivity index (χ3v) is 7.80. The minimum absolute atomic E-state index is 0.255. The monoisotopic (exact) mass is 474 g/mol. The average Bonchev–Trinajstić information content (AvgIpc) is 3.42. The fourth-order valence-electron chi connectivity index (χ4n) is 4.21. The Kier molecular flexibility index (Phi) is 7.10. The molecule has 0 N–H and O–H groups in total. The number of esters is 1. The van der Waals surface area contributed by atoms with E-state index < -0.39 is 28.5 Å². The first-order valence-electron chi connectivity index (χ1n) is 11.5. The van der Waals surface area contributed by atoms with Gasteiger partial charge >= 0.3 is 5.97 Å². The number of aryl methyl sites for hydroxylation is 1. The standard InChI is InChI=1S/C28H30N2O3S/c1-5-33-27(31)25(26-28(3,4)30(26)34(32)23-18-16-20(2)17-19-23)29-24(21-12-8-6-9-13-21)22-14-10-7-11-15-22/h6-19,25-26H,5H2,1-4H3/t25-,26+,30?,34-/m0/s1. The minimum Gasteiger partial charge on any atom is -0.464 e. The van der Waals surface area contributed by atoms with Gasteiger partial charge in [-0.3, -0.25) is 4.99 Å². The Labute approximate surface area is 204 Å². The highest BCUT2D eigenvalue weighted by atomic mass is 32.2. The van der Waals surface area contributed by atoms with E-state index in [0.717, 1.165) is 16.7 Å². The van der Waals surface area contributed by atoms with Gasteiger partial charge in [0.25, 0.3) is 0 Å². The van der Waals surface area contributed by atoms with Crippen LogP contribution in [0, 0.1) is 6.92 Å². The number of ether oxygens (including phenoxy) is 1. The lowest BCUT2D eigenvalue weighted by molar-refractivity contribution is -0.144. The maximum Gasteiger partial charge on any atom is 0.332 e. The third kappa shape index (κ3) is 4.88. The molecule has 4 atom stereocenters. The molecule has 0 aliphatic carbocycles. The molecule has 6 heteroatoms. The van der Waals surface area contributed by atoms with Crippen molar-refractivity contribution >= 4 is 22.7 Å². The molecule has 0 aromatic heterocycles. The second-order valence-electron chi connectivity index (χ2n) is 8.89. The van der Waals surface area contributed by atoms with Crippen LogP contribution in [0.1, 0.15) is 37.5 Å². The summed E-state index contributed by atoms with van der Waals surface area (Å²) < 4.78 is 20.8. The molecule has 34 heavy (non-hydrogen) atoms. The molecular weight excluding hydrogens is 444 g/mol. The molecule has 1 aliphatic rings. The predicted molar refractivity (Wildman–Crippen MR) is 136 cm³/mol. The van der Waals surface area contributed by atoms with E-state index in [9.17, 15) is 9.00 Å². The number of hydrogen-bond donors (Lipinski definition) is 0. The Morgan fingerprint density at radius 1 is 0.971 bits per heavy atom. The van der Waals surface area contributed by atoms with E-state index in [2.05, 4.69) is 0 Å². The summed E-state index contributed by atoms with van der Waals surface area (Å²) in [5.41, 5.74) is 3.14. The van der Waals surface area contributed by atoms with E-state index in [1.54, 1.807) is 6.92 Å². The second-order valence-corrected chi connectivity index (χ2v) is 10.3. The molecular formula is C28H30N2O3S. The summed E-state index contributed by atoms with van der Waals surface area (Å²) in [6, 6.07) is 26.1. The normalized spacial score (nSPS) is 20.1. The first kappa shape index (κ1) is 24.0. The molecule has 3 aromatic carbocycles. The van der Waals surface area contributed by atoms with Gasteiger partial charge in [-0.05, 0) is 39.8 Å². The molecule has 176 valence electrons. The van der Waals surface area contributed by atoms with Crippen LogP contribution < -0.4 is 0 Å². The van der Waals surface area contributed by atoms with Crippen molar-refractivity contribution in [2.75, 3.05) is 6.61 Å². The second kappa shape index (κ2) is 10.0. The first-order valence-corrected chi connectivity index (χ1v) is 12.6. The van der Waals surface area contributed by atoms with Crippen molar-refractivity contribution in [1.29, 1.82) is 0 Å². The van der Waals surface area contributed by atoms with Gasteiger partial charge in [0.05, 0.1) is 23.3 Å². The Hall–Kier alpha value is -3.09. The molecule has 3 aromatic rings. The Bertz CT molecular complexity index is 1150. The van der Waals surface area contributed by atoms with Crippen LogP contribution in [0.25, 0.3) is 0 Å². The summed E-state index contributed by atoms with van der Waals surface area (Å²) in [5, 5.41) is 0. The molecule has 0 spiro atoms. The highest BCUT2D eigenvalue weighted by molar-refractivity contribution is 7.83. The van der Waals surface area contributed by atoms with Gasteiger partial charge in [-0.15, -0.1) is 0 Å². The topological polar surface area (TPSA) is 58.7 Å².